The van der Waals surface area contributed by atoms with Crippen LogP contribution in [0.1, 0.15) is 5.56 Å². The molecule has 0 aliphatic rings. The normalized spacial score (nSPS) is 10.8. The first-order valence-corrected chi connectivity index (χ1v) is 7.39. The van der Waals surface area contributed by atoms with Crippen LogP contribution in [0.25, 0.3) is 0 Å². The van der Waals surface area contributed by atoms with Crippen LogP contribution in [0.2, 0.25) is 0 Å². The zero-order chi connectivity index (χ0) is 14.4. The van der Waals surface area contributed by atoms with Crippen molar-refractivity contribution in [2.45, 2.75) is 4.90 Å². The molecule has 0 saturated heterocycles. The van der Waals surface area contributed by atoms with E-state index in [0.29, 0.717) is 0 Å². The number of aliphatic imine (C=N–C) groups is 1. The maximum absolute atomic E-state index is 5.25. The molecule has 2 rings (SSSR count). The molecule has 0 amide bonds. The molecule has 20 heavy (non-hydrogen) atoms. The van der Waals surface area contributed by atoms with Gasteiger partial charge in [0.05, 0.1) is 19.9 Å². The van der Waals surface area contributed by atoms with E-state index >= 15 is 0 Å². The van der Waals surface area contributed by atoms with Gasteiger partial charge in [0.1, 0.15) is 11.5 Å². The second-order valence-electron chi connectivity index (χ2n) is 4.08. The number of methoxy groups -OCH3 is 2. The number of hydrogen-bond donors (Lipinski definition) is 0. The minimum Gasteiger partial charge on any atom is -0.497 e. The summed E-state index contributed by atoms with van der Waals surface area (Å²) < 4.78 is 10.5. The molecule has 0 unspecified atom stereocenters. The van der Waals surface area contributed by atoms with Crippen molar-refractivity contribution in [2.75, 3.05) is 20.5 Å². The van der Waals surface area contributed by atoms with E-state index in [1.807, 2.05) is 48.9 Å². The van der Waals surface area contributed by atoms with Gasteiger partial charge >= 0.3 is 0 Å². The molecule has 0 aliphatic carbocycles. The van der Waals surface area contributed by atoms with E-state index < -0.39 is 0 Å². The highest BCUT2D eigenvalue weighted by molar-refractivity contribution is 7.98. The lowest BCUT2D eigenvalue weighted by Gasteiger charge is -2.06. The summed E-state index contributed by atoms with van der Waals surface area (Å²) in [5.41, 5.74) is 1.90. The fourth-order valence-electron chi connectivity index (χ4n) is 1.78. The molecule has 0 spiro atoms. The lowest BCUT2D eigenvalue weighted by molar-refractivity contribution is 0.394. The SMILES string of the molecule is COc1cc(C=Nc2ccccc2SC)cc(OC)c1. The van der Waals surface area contributed by atoms with E-state index in [9.17, 15) is 0 Å². The molecule has 0 fully saturated rings. The first kappa shape index (κ1) is 14.5. The summed E-state index contributed by atoms with van der Waals surface area (Å²) in [6.45, 7) is 0. The maximum Gasteiger partial charge on any atom is 0.123 e. The second-order valence-corrected chi connectivity index (χ2v) is 4.92. The quantitative estimate of drug-likeness (QED) is 0.610. The molecule has 3 nitrogen and oxygen atoms in total. The molecule has 0 aromatic heterocycles. The van der Waals surface area contributed by atoms with Crippen molar-refractivity contribution < 1.29 is 9.47 Å². The van der Waals surface area contributed by atoms with Crippen LogP contribution >= 0.6 is 11.8 Å². The van der Waals surface area contributed by atoms with E-state index in [1.54, 1.807) is 26.0 Å². The Labute approximate surface area is 123 Å². The van der Waals surface area contributed by atoms with Crippen molar-refractivity contribution in [3.63, 3.8) is 0 Å². The molecule has 0 radical (unpaired) electrons. The second kappa shape index (κ2) is 7.01. The molecule has 0 saturated carbocycles. The molecular formula is C16H17NO2S. The van der Waals surface area contributed by atoms with E-state index in [2.05, 4.69) is 11.1 Å². The van der Waals surface area contributed by atoms with E-state index in [-0.39, 0.29) is 0 Å². The van der Waals surface area contributed by atoms with Crippen LogP contribution in [-0.4, -0.2) is 26.7 Å². The summed E-state index contributed by atoms with van der Waals surface area (Å²) in [7, 11) is 3.28. The van der Waals surface area contributed by atoms with Crippen molar-refractivity contribution in [3.8, 4) is 11.5 Å². The Morgan fingerprint density at radius 2 is 1.65 bits per heavy atom. The fraction of sp³-hybridized carbons (Fsp3) is 0.188. The first-order chi connectivity index (χ1) is 9.76. The monoisotopic (exact) mass is 287 g/mol. The average molecular weight is 287 g/mol. The Bertz CT molecular complexity index is 589. The first-order valence-electron chi connectivity index (χ1n) is 6.17. The highest BCUT2D eigenvalue weighted by Gasteiger charge is 2.01. The molecule has 0 atom stereocenters. The predicted molar refractivity (Wildman–Crippen MR) is 85.0 cm³/mol. The predicted octanol–water partition coefficient (Wildman–Crippen LogP) is 4.18. The molecule has 0 aliphatic heterocycles. The smallest absolute Gasteiger partial charge is 0.123 e. The van der Waals surface area contributed by atoms with Crippen LogP contribution in [0.3, 0.4) is 0 Å². The van der Waals surface area contributed by atoms with Crippen LogP contribution in [0, 0.1) is 0 Å². The molecule has 0 bridgehead atoms. The largest absolute Gasteiger partial charge is 0.497 e. The molecular weight excluding hydrogens is 270 g/mol. The highest BCUT2D eigenvalue weighted by atomic mass is 32.2. The Kier molecular flexibility index (Phi) is 5.07. The average Bonchev–Trinajstić information content (AvgIpc) is 2.52. The third kappa shape index (κ3) is 3.54. The molecule has 2 aromatic carbocycles. The maximum atomic E-state index is 5.25. The van der Waals surface area contributed by atoms with Crippen LogP contribution in [0.5, 0.6) is 11.5 Å². The van der Waals surface area contributed by atoms with Gasteiger partial charge in [0, 0.05) is 22.7 Å². The Morgan fingerprint density at radius 1 is 1.00 bits per heavy atom. The lowest BCUT2D eigenvalue weighted by Crippen LogP contribution is -1.90. The van der Waals surface area contributed by atoms with Crippen molar-refractivity contribution in [1.82, 2.24) is 0 Å². The Morgan fingerprint density at radius 3 is 2.25 bits per heavy atom. The highest BCUT2D eigenvalue weighted by Crippen LogP contribution is 2.27. The number of rotatable bonds is 5. The summed E-state index contributed by atoms with van der Waals surface area (Å²) in [5, 5.41) is 0. The Hall–Kier alpha value is -1.94. The van der Waals surface area contributed by atoms with Crippen molar-refractivity contribution >= 4 is 23.7 Å². The minimum atomic E-state index is 0.754. The fourth-order valence-corrected chi connectivity index (χ4v) is 2.33. The number of benzene rings is 2. The van der Waals surface area contributed by atoms with E-state index in [4.69, 9.17) is 9.47 Å². The van der Waals surface area contributed by atoms with Crippen molar-refractivity contribution in [3.05, 3.63) is 48.0 Å². The number of thioether (sulfide) groups is 1. The van der Waals surface area contributed by atoms with Gasteiger partial charge in [-0.05, 0) is 30.5 Å². The van der Waals surface area contributed by atoms with Crippen molar-refractivity contribution in [1.29, 1.82) is 0 Å². The van der Waals surface area contributed by atoms with Crippen molar-refractivity contribution in [2.24, 2.45) is 4.99 Å². The lowest BCUT2D eigenvalue weighted by atomic mass is 10.2. The van der Waals surface area contributed by atoms with Gasteiger partial charge < -0.3 is 9.47 Å². The van der Waals surface area contributed by atoms with Gasteiger partial charge in [0.25, 0.3) is 0 Å². The summed E-state index contributed by atoms with van der Waals surface area (Å²) in [6, 6.07) is 13.7. The summed E-state index contributed by atoms with van der Waals surface area (Å²) in [6.07, 6.45) is 3.86. The molecule has 0 N–H and O–H groups in total. The number of nitrogens with zero attached hydrogens (tertiary/aromatic N) is 1. The number of ether oxygens (including phenoxy) is 2. The summed E-state index contributed by atoms with van der Waals surface area (Å²) in [5.74, 6) is 1.51. The van der Waals surface area contributed by atoms with Crippen LogP contribution in [0.4, 0.5) is 5.69 Å². The van der Waals surface area contributed by atoms with Gasteiger partial charge in [-0.25, -0.2) is 0 Å². The van der Waals surface area contributed by atoms with Gasteiger partial charge in [-0.15, -0.1) is 11.8 Å². The van der Waals surface area contributed by atoms with Crippen LogP contribution in [0.15, 0.2) is 52.4 Å². The van der Waals surface area contributed by atoms with Gasteiger partial charge in [0.15, 0.2) is 0 Å². The summed E-state index contributed by atoms with van der Waals surface area (Å²) in [4.78, 5) is 5.69. The van der Waals surface area contributed by atoms with Gasteiger partial charge in [-0.3, -0.25) is 4.99 Å². The van der Waals surface area contributed by atoms with E-state index in [0.717, 1.165) is 27.6 Å². The third-order valence-corrected chi connectivity index (χ3v) is 3.60. The number of hydrogen-bond acceptors (Lipinski definition) is 4. The molecule has 4 heteroatoms. The summed E-state index contributed by atoms with van der Waals surface area (Å²) >= 11 is 1.68. The van der Waals surface area contributed by atoms with E-state index in [1.165, 1.54) is 0 Å². The van der Waals surface area contributed by atoms with Crippen LogP contribution < -0.4 is 9.47 Å². The van der Waals surface area contributed by atoms with Gasteiger partial charge in [-0.2, -0.15) is 0 Å². The topological polar surface area (TPSA) is 30.8 Å². The number of para-hydroxylation sites is 1. The van der Waals surface area contributed by atoms with Gasteiger partial charge in [0.2, 0.25) is 0 Å². The third-order valence-electron chi connectivity index (χ3n) is 2.81. The molecule has 2 aromatic rings. The zero-order valence-electron chi connectivity index (χ0n) is 11.8. The molecule has 0 heterocycles. The van der Waals surface area contributed by atoms with Gasteiger partial charge in [-0.1, -0.05) is 12.1 Å². The minimum absolute atomic E-state index is 0.754. The Balaban J connectivity index is 2.31. The standard InChI is InChI=1S/C16H17NO2S/c1-18-13-8-12(9-14(10-13)19-2)11-17-15-6-4-5-7-16(15)20-3/h4-11H,1-3H3. The molecule has 104 valence electrons. The zero-order valence-corrected chi connectivity index (χ0v) is 12.6. The van der Waals surface area contributed by atoms with Crippen LogP contribution in [-0.2, 0) is 0 Å².